The van der Waals surface area contributed by atoms with Crippen LogP contribution in [-0.4, -0.2) is 9.55 Å². The molecule has 1 unspecified atom stereocenters. The lowest BCUT2D eigenvalue weighted by Crippen LogP contribution is -2.06. The number of nitrogen functional groups attached to an aromatic ring is 1. The van der Waals surface area contributed by atoms with Gasteiger partial charge in [0.1, 0.15) is 0 Å². The molecule has 1 aromatic heterocycles. The third kappa shape index (κ3) is 2.95. The smallest absolute Gasteiger partial charge is 0.201 e. The van der Waals surface area contributed by atoms with Crippen LogP contribution in [0.5, 0.6) is 0 Å². The lowest BCUT2D eigenvalue weighted by molar-refractivity contribution is 0.590. The van der Waals surface area contributed by atoms with E-state index in [9.17, 15) is 0 Å². The van der Waals surface area contributed by atoms with Crippen molar-refractivity contribution in [3.8, 4) is 0 Å². The number of hydrogen-bond donors (Lipinski definition) is 1. The number of aryl methyl sites for hydroxylation is 1. The summed E-state index contributed by atoms with van der Waals surface area (Å²) >= 11 is 3.47. The molecule has 4 heteroatoms. The zero-order valence-corrected chi connectivity index (χ0v) is 13.5. The van der Waals surface area contributed by atoms with E-state index in [1.807, 2.05) is 12.1 Å². The van der Waals surface area contributed by atoms with Crippen LogP contribution in [0.15, 0.2) is 53.0 Å². The van der Waals surface area contributed by atoms with E-state index in [1.165, 1.54) is 5.56 Å². The highest BCUT2D eigenvalue weighted by atomic mass is 79.9. The van der Waals surface area contributed by atoms with E-state index in [0.29, 0.717) is 11.9 Å². The minimum absolute atomic E-state index is 0.499. The highest BCUT2D eigenvalue weighted by Crippen LogP contribution is 2.25. The molecule has 0 fully saturated rings. The maximum Gasteiger partial charge on any atom is 0.201 e. The SMILES string of the molecule is CC(CCn1c(N)nc2cc(Br)ccc21)c1ccccc1. The molecule has 0 saturated carbocycles. The summed E-state index contributed by atoms with van der Waals surface area (Å²) in [4.78, 5) is 4.44. The van der Waals surface area contributed by atoms with Crippen molar-refractivity contribution < 1.29 is 0 Å². The number of hydrogen-bond acceptors (Lipinski definition) is 2. The van der Waals surface area contributed by atoms with E-state index in [2.05, 4.69) is 68.8 Å². The molecule has 0 aliphatic rings. The fourth-order valence-electron chi connectivity index (χ4n) is 2.63. The first-order chi connectivity index (χ1) is 10.1. The molecule has 0 saturated heterocycles. The van der Waals surface area contributed by atoms with Gasteiger partial charge in [0.2, 0.25) is 5.95 Å². The second-order valence-corrected chi connectivity index (χ2v) is 6.27. The topological polar surface area (TPSA) is 43.8 Å². The van der Waals surface area contributed by atoms with Gasteiger partial charge in [-0.3, -0.25) is 0 Å². The van der Waals surface area contributed by atoms with Crippen LogP contribution in [0.2, 0.25) is 0 Å². The summed E-state index contributed by atoms with van der Waals surface area (Å²) in [6.07, 6.45) is 1.04. The van der Waals surface area contributed by atoms with Crippen molar-refractivity contribution in [1.29, 1.82) is 0 Å². The van der Waals surface area contributed by atoms with Crippen LogP contribution >= 0.6 is 15.9 Å². The van der Waals surface area contributed by atoms with Gasteiger partial charge in [-0.2, -0.15) is 0 Å². The van der Waals surface area contributed by atoms with Crippen molar-refractivity contribution in [3.63, 3.8) is 0 Å². The fraction of sp³-hybridized carbons (Fsp3) is 0.235. The predicted molar refractivity (Wildman–Crippen MR) is 91.3 cm³/mol. The molecule has 21 heavy (non-hydrogen) atoms. The van der Waals surface area contributed by atoms with Crippen LogP contribution in [0, 0.1) is 0 Å². The Hall–Kier alpha value is -1.81. The first-order valence-electron chi connectivity index (χ1n) is 7.11. The van der Waals surface area contributed by atoms with Crippen LogP contribution in [0.25, 0.3) is 11.0 Å². The fourth-order valence-corrected chi connectivity index (χ4v) is 2.98. The van der Waals surface area contributed by atoms with Crippen molar-refractivity contribution in [3.05, 3.63) is 58.6 Å². The van der Waals surface area contributed by atoms with Crippen molar-refractivity contribution >= 4 is 32.9 Å². The summed E-state index contributed by atoms with van der Waals surface area (Å²) in [5.41, 5.74) is 9.46. The minimum atomic E-state index is 0.499. The van der Waals surface area contributed by atoms with E-state index < -0.39 is 0 Å². The molecule has 3 aromatic rings. The number of nitrogens with two attached hydrogens (primary N) is 1. The van der Waals surface area contributed by atoms with Gasteiger partial charge in [-0.1, -0.05) is 53.2 Å². The Labute approximate surface area is 132 Å². The Morgan fingerprint density at radius 1 is 1.19 bits per heavy atom. The second-order valence-electron chi connectivity index (χ2n) is 5.36. The summed E-state index contributed by atoms with van der Waals surface area (Å²) in [6, 6.07) is 16.7. The molecular weight excluding hydrogens is 326 g/mol. The summed E-state index contributed by atoms with van der Waals surface area (Å²) in [7, 11) is 0. The number of imidazole rings is 1. The zero-order chi connectivity index (χ0) is 14.8. The summed E-state index contributed by atoms with van der Waals surface area (Å²) in [5.74, 6) is 1.09. The van der Waals surface area contributed by atoms with E-state index in [4.69, 9.17) is 5.73 Å². The van der Waals surface area contributed by atoms with Crippen LogP contribution in [0.1, 0.15) is 24.8 Å². The maximum atomic E-state index is 6.06. The maximum absolute atomic E-state index is 6.06. The minimum Gasteiger partial charge on any atom is -0.369 e. The average Bonchev–Trinajstić information content (AvgIpc) is 2.80. The Kier molecular flexibility index (Phi) is 3.97. The number of halogens is 1. The first-order valence-corrected chi connectivity index (χ1v) is 7.90. The number of aromatic nitrogens is 2. The van der Waals surface area contributed by atoms with E-state index in [-0.39, 0.29) is 0 Å². The van der Waals surface area contributed by atoms with Gasteiger partial charge < -0.3 is 10.3 Å². The van der Waals surface area contributed by atoms with Gasteiger partial charge in [-0.15, -0.1) is 0 Å². The van der Waals surface area contributed by atoms with Gasteiger partial charge in [0.05, 0.1) is 11.0 Å². The monoisotopic (exact) mass is 343 g/mol. The average molecular weight is 344 g/mol. The molecule has 0 radical (unpaired) electrons. The predicted octanol–water partition coefficient (Wildman–Crippen LogP) is 4.57. The standard InChI is InChI=1S/C17H18BrN3/c1-12(13-5-3-2-4-6-13)9-10-21-16-8-7-14(18)11-15(16)20-17(21)19/h2-8,11-12H,9-10H2,1H3,(H2,19,20). The Balaban J connectivity index is 1.81. The molecular formula is C17H18BrN3. The van der Waals surface area contributed by atoms with Crippen molar-refractivity contribution in [1.82, 2.24) is 9.55 Å². The van der Waals surface area contributed by atoms with Crippen LogP contribution < -0.4 is 5.73 Å². The van der Waals surface area contributed by atoms with Crippen molar-refractivity contribution in [2.24, 2.45) is 0 Å². The summed E-state index contributed by atoms with van der Waals surface area (Å²) in [6.45, 7) is 3.13. The van der Waals surface area contributed by atoms with Gasteiger partial charge in [0.15, 0.2) is 0 Å². The Morgan fingerprint density at radius 2 is 1.95 bits per heavy atom. The van der Waals surface area contributed by atoms with Crippen LogP contribution in [0.3, 0.4) is 0 Å². The molecule has 3 nitrogen and oxygen atoms in total. The number of anilines is 1. The molecule has 1 heterocycles. The molecule has 2 N–H and O–H groups in total. The second kappa shape index (κ2) is 5.90. The van der Waals surface area contributed by atoms with Gasteiger partial charge in [-0.05, 0) is 36.1 Å². The van der Waals surface area contributed by atoms with Gasteiger partial charge >= 0.3 is 0 Å². The number of rotatable bonds is 4. The van der Waals surface area contributed by atoms with Crippen LogP contribution in [0.4, 0.5) is 5.95 Å². The Morgan fingerprint density at radius 3 is 2.71 bits per heavy atom. The van der Waals surface area contributed by atoms with Crippen molar-refractivity contribution in [2.45, 2.75) is 25.8 Å². The van der Waals surface area contributed by atoms with Gasteiger partial charge in [0, 0.05) is 11.0 Å². The molecule has 0 amide bonds. The van der Waals surface area contributed by atoms with Gasteiger partial charge in [-0.25, -0.2) is 4.98 Å². The van der Waals surface area contributed by atoms with E-state index >= 15 is 0 Å². The molecule has 0 spiro atoms. The quantitative estimate of drug-likeness (QED) is 0.753. The number of benzene rings is 2. The normalized spacial score (nSPS) is 12.7. The van der Waals surface area contributed by atoms with E-state index in [0.717, 1.165) is 28.5 Å². The molecule has 0 bridgehead atoms. The molecule has 3 rings (SSSR count). The summed E-state index contributed by atoms with van der Waals surface area (Å²) < 4.78 is 3.12. The zero-order valence-electron chi connectivity index (χ0n) is 12.0. The third-order valence-corrected chi connectivity index (χ3v) is 4.39. The van der Waals surface area contributed by atoms with Crippen molar-refractivity contribution in [2.75, 3.05) is 5.73 Å². The third-order valence-electron chi connectivity index (χ3n) is 3.89. The highest BCUT2D eigenvalue weighted by molar-refractivity contribution is 9.10. The summed E-state index contributed by atoms with van der Waals surface area (Å²) in [5, 5.41) is 0. The largest absolute Gasteiger partial charge is 0.369 e. The van der Waals surface area contributed by atoms with Gasteiger partial charge in [0.25, 0.3) is 0 Å². The molecule has 1 atom stereocenters. The lowest BCUT2D eigenvalue weighted by atomic mass is 9.98. The highest BCUT2D eigenvalue weighted by Gasteiger charge is 2.11. The number of nitrogens with zero attached hydrogens (tertiary/aromatic N) is 2. The Bertz CT molecular complexity index is 749. The van der Waals surface area contributed by atoms with E-state index in [1.54, 1.807) is 0 Å². The first kappa shape index (κ1) is 14.1. The molecule has 0 aliphatic carbocycles. The molecule has 0 aliphatic heterocycles. The lowest BCUT2D eigenvalue weighted by Gasteiger charge is -2.13. The molecule has 2 aromatic carbocycles. The molecule has 108 valence electrons. The number of fused-ring (bicyclic) bond motifs is 1. The van der Waals surface area contributed by atoms with Crippen LogP contribution in [-0.2, 0) is 6.54 Å².